The summed E-state index contributed by atoms with van der Waals surface area (Å²) >= 11 is 0. The first kappa shape index (κ1) is 30.3. The number of piperidine rings is 1. The molecular formula is C31H37N5O6S. The van der Waals surface area contributed by atoms with Gasteiger partial charge in [-0.2, -0.15) is 4.98 Å². The lowest BCUT2D eigenvalue weighted by Gasteiger charge is -2.41. The first-order chi connectivity index (χ1) is 20.2. The van der Waals surface area contributed by atoms with Crippen molar-refractivity contribution in [2.45, 2.75) is 58.0 Å². The van der Waals surface area contributed by atoms with Crippen LogP contribution in [0.15, 0.2) is 53.4 Å². The third kappa shape index (κ3) is 6.90. The molecule has 11 nitrogen and oxygen atoms in total. The summed E-state index contributed by atoms with van der Waals surface area (Å²) < 4.78 is 41.0. The molecule has 1 spiro atoms. The number of benzene rings is 2. The van der Waals surface area contributed by atoms with Crippen molar-refractivity contribution in [3.8, 4) is 17.1 Å². The summed E-state index contributed by atoms with van der Waals surface area (Å²) in [4.78, 5) is 36.5. The number of hydrogen-bond donors (Lipinski definition) is 2. The summed E-state index contributed by atoms with van der Waals surface area (Å²) in [6.07, 6.45) is 0.706. The van der Waals surface area contributed by atoms with Crippen molar-refractivity contribution in [1.82, 2.24) is 20.2 Å². The Labute approximate surface area is 252 Å². The maximum atomic E-state index is 13.3. The molecule has 2 N–H and O–H groups in total. The number of likely N-dealkylation sites (tertiary alicyclic amines) is 1. The van der Waals surface area contributed by atoms with Crippen LogP contribution in [0, 0.1) is 19.3 Å². The molecule has 43 heavy (non-hydrogen) atoms. The fourth-order valence-corrected chi connectivity index (χ4v) is 6.32. The molecule has 0 atom stereocenters. The van der Waals surface area contributed by atoms with Crippen LogP contribution >= 0.6 is 0 Å². The van der Waals surface area contributed by atoms with Gasteiger partial charge in [0, 0.05) is 42.2 Å². The molecule has 2 aromatic carbocycles. The molecule has 1 saturated heterocycles. The molecule has 2 amide bonds. The van der Waals surface area contributed by atoms with Crippen molar-refractivity contribution >= 4 is 28.0 Å². The average Bonchev–Trinajstić information content (AvgIpc) is 2.94. The number of carbonyl (C=O) groups is 2. The molecule has 12 heteroatoms. The number of nitrogens with zero attached hydrogens (tertiary/aromatic N) is 3. The summed E-state index contributed by atoms with van der Waals surface area (Å²) in [7, 11) is -4.12. The van der Waals surface area contributed by atoms with Gasteiger partial charge in [-0.15, -0.1) is 0 Å². The smallest absolute Gasteiger partial charge is 0.410 e. The summed E-state index contributed by atoms with van der Waals surface area (Å²) in [5, 5.41) is 2.97. The summed E-state index contributed by atoms with van der Waals surface area (Å²) in [5.41, 5.74) is 2.37. The fourth-order valence-electron chi connectivity index (χ4n) is 5.33. The number of sulfonamides is 1. The molecule has 1 fully saturated rings. The largest absolute Gasteiger partial charge is 0.477 e. The predicted molar refractivity (Wildman–Crippen MR) is 161 cm³/mol. The third-order valence-electron chi connectivity index (χ3n) is 7.70. The van der Waals surface area contributed by atoms with Gasteiger partial charge in [0.1, 0.15) is 5.60 Å². The molecule has 4 bridgehead atoms. The van der Waals surface area contributed by atoms with Gasteiger partial charge in [0.05, 0.1) is 17.2 Å². The fraction of sp³-hybridized carbons (Fsp3) is 0.419. The van der Waals surface area contributed by atoms with E-state index in [0.717, 1.165) is 16.7 Å². The van der Waals surface area contributed by atoms with Crippen molar-refractivity contribution in [2.24, 2.45) is 5.41 Å². The Morgan fingerprint density at radius 1 is 1.02 bits per heavy atom. The van der Waals surface area contributed by atoms with E-state index in [2.05, 4.69) is 20.0 Å². The van der Waals surface area contributed by atoms with Crippen LogP contribution in [-0.2, 0) is 14.8 Å². The molecule has 3 heterocycles. The van der Waals surface area contributed by atoms with Crippen molar-refractivity contribution in [3.05, 3.63) is 65.2 Å². The number of rotatable bonds is 1. The van der Waals surface area contributed by atoms with Crippen LogP contribution in [0.25, 0.3) is 11.3 Å². The number of amides is 2. The molecular weight excluding hydrogens is 570 g/mol. The van der Waals surface area contributed by atoms with E-state index in [1.807, 2.05) is 52.8 Å². The van der Waals surface area contributed by atoms with E-state index < -0.39 is 26.9 Å². The molecule has 5 rings (SSSR count). The molecule has 228 valence electrons. The number of aromatic nitrogens is 2. The van der Waals surface area contributed by atoms with Crippen LogP contribution in [0.2, 0.25) is 0 Å². The molecule has 1 aromatic heterocycles. The van der Waals surface area contributed by atoms with Crippen LogP contribution in [-0.4, -0.2) is 67.1 Å². The van der Waals surface area contributed by atoms with E-state index in [0.29, 0.717) is 31.6 Å². The van der Waals surface area contributed by atoms with E-state index in [-0.39, 0.29) is 41.5 Å². The van der Waals surface area contributed by atoms with Crippen molar-refractivity contribution in [2.75, 3.05) is 31.0 Å². The van der Waals surface area contributed by atoms with Crippen molar-refractivity contribution < 1.29 is 27.5 Å². The molecule has 0 saturated carbocycles. The summed E-state index contributed by atoms with van der Waals surface area (Å²) in [6, 6.07) is 13.4. The second kappa shape index (κ2) is 11.5. The topological polar surface area (TPSA) is 140 Å². The molecule has 0 radical (unpaired) electrons. The van der Waals surface area contributed by atoms with Gasteiger partial charge in [-0.3, -0.25) is 4.79 Å². The highest BCUT2D eigenvalue weighted by Gasteiger charge is 2.39. The highest BCUT2D eigenvalue weighted by Crippen LogP contribution is 2.34. The van der Waals surface area contributed by atoms with Crippen LogP contribution in [0.4, 0.5) is 10.7 Å². The minimum absolute atomic E-state index is 0.0962. The van der Waals surface area contributed by atoms with E-state index in [9.17, 15) is 18.0 Å². The first-order valence-electron chi connectivity index (χ1n) is 14.2. The van der Waals surface area contributed by atoms with E-state index in [4.69, 9.17) is 9.47 Å². The van der Waals surface area contributed by atoms with E-state index >= 15 is 0 Å². The number of hydrogen-bond acceptors (Lipinski definition) is 8. The Balaban J connectivity index is 1.53. The monoisotopic (exact) mass is 607 g/mol. The normalized spacial score (nSPS) is 18.1. The van der Waals surface area contributed by atoms with Crippen LogP contribution in [0.5, 0.6) is 5.88 Å². The standard InChI is InChI=1S/C31H37N5O6S/c1-20-8-6-9-21(2)26(20)24-17-25-34-28(33-24)35-43(39,40)23-11-7-10-22(16-23)27(37)32-18-31(19-41-25)12-14-36(15-13-31)29(38)42-30(3,4)5/h6-11,16-17H,12-15,18-19H2,1-5H3,(H,32,37)(H,33,34,35). The Morgan fingerprint density at radius 3 is 2.37 bits per heavy atom. The third-order valence-corrected chi connectivity index (χ3v) is 9.02. The van der Waals surface area contributed by atoms with Crippen molar-refractivity contribution in [1.29, 1.82) is 0 Å². The van der Waals surface area contributed by atoms with Crippen LogP contribution < -0.4 is 14.8 Å². The summed E-state index contributed by atoms with van der Waals surface area (Å²) in [6.45, 7) is 10.7. The maximum absolute atomic E-state index is 13.3. The van der Waals surface area contributed by atoms with Gasteiger partial charge >= 0.3 is 6.09 Å². The quantitative estimate of drug-likeness (QED) is 0.406. The molecule has 0 aliphatic carbocycles. The zero-order chi connectivity index (χ0) is 31.0. The first-order valence-corrected chi connectivity index (χ1v) is 15.7. The lowest BCUT2D eigenvalue weighted by molar-refractivity contribution is 0.00211. The molecule has 2 aliphatic heterocycles. The van der Waals surface area contributed by atoms with Gasteiger partial charge in [0.2, 0.25) is 11.8 Å². The Kier molecular flexibility index (Phi) is 8.08. The second-order valence-electron chi connectivity index (χ2n) is 12.3. The Hall–Kier alpha value is -4.19. The average molecular weight is 608 g/mol. The molecule has 0 unspecified atom stereocenters. The Bertz CT molecular complexity index is 1640. The second-order valence-corrected chi connectivity index (χ2v) is 13.9. The van der Waals surface area contributed by atoms with Gasteiger partial charge in [-0.1, -0.05) is 24.3 Å². The number of anilines is 1. The van der Waals surface area contributed by atoms with Crippen molar-refractivity contribution in [3.63, 3.8) is 0 Å². The number of aryl methyl sites for hydroxylation is 2. The van der Waals surface area contributed by atoms with Crippen LogP contribution in [0.3, 0.4) is 0 Å². The molecule has 3 aromatic rings. The minimum atomic E-state index is -4.12. The maximum Gasteiger partial charge on any atom is 0.410 e. The summed E-state index contributed by atoms with van der Waals surface area (Å²) in [5.74, 6) is -0.359. The van der Waals surface area contributed by atoms with Gasteiger partial charge in [0.25, 0.3) is 15.9 Å². The predicted octanol–water partition coefficient (Wildman–Crippen LogP) is 4.70. The SMILES string of the molecule is Cc1cccc(C)c1-c1cc2nc(n1)NS(=O)(=O)c1cccc(c1)C(=O)NCC1(CCN(C(=O)OC(C)(C)C)CC1)CO2. The lowest BCUT2D eigenvalue weighted by Crippen LogP contribution is -2.51. The minimum Gasteiger partial charge on any atom is -0.477 e. The number of fused-ring (bicyclic) bond motifs is 4. The van der Waals surface area contributed by atoms with Gasteiger partial charge < -0.3 is 19.7 Å². The highest BCUT2D eigenvalue weighted by atomic mass is 32.2. The number of carbonyl (C=O) groups excluding carboxylic acids is 2. The van der Waals surface area contributed by atoms with Gasteiger partial charge in [0.15, 0.2) is 0 Å². The van der Waals surface area contributed by atoms with Crippen LogP contribution in [0.1, 0.15) is 55.1 Å². The van der Waals surface area contributed by atoms with Gasteiger partial charge in [-0.25, -0.2) is 22.9 Å². The van der Waals surface area contributed by atoms with E-state index in [1.54, 1.807) is 17.0 Å². The van der Waals surface area contributed by atoms with Gasteiger partial charge in [-0.05, 0) is 76.8 Å². The number of nitrogens with one attached hydrogen (secondary N) is 2. The Morgan fingerprint density at radius 2 is 1.70 bits per heavy atom. The zero-order valence-electron chi connectivity index (χ0n) is 25.1. The highest BCUT2D eigenvalue weighted by molar-refractivity contribution is 7.92. The molecule has 2 aliphatic rings. The number of ether oxygens (including phenoxy) is 2. The zero-order valence-corrected chi connectivity index (χ0v) is 25.9. The lowest BCUT2D eigenvalue weighted by atomic mass is 9.79. The van der Waals surface area contributed by atoms with E-state index in [1.165, 1.54) is 18.2 Å².